The van der Waals surface area contributed by atoms with Gasteiger partial charge >= 0.3 is 0 Å². The molecule has 6 heteroatoms. The number of halogens is 1. The van der Waals surface area contributed by atoms with Gasteiger partial charge in [-0.1, -0.05) is 0 Å². The summed E-state index contributed by atoms with van der Waals surface area (Å²) in [6.07, 6.45) is 3.89. The lowest BCUT2D eigenvalue weighted by Gasteiger charge is -2.12. The topological polar surface area (TPSA) is 59.3 Å². The summed E-state index contributed by atoms with van der Waals surface area (Å²) < 4.78 is 14.8. The van der Waals surface area contributed by atoms with Crippen molar-refractivity contribution in [3.8, 4) is 11.3 Å². The van der Waals surface area contributed by atoms with Gasteiger partial charge in [0.15, 0.2) is 5.65 Å². The second kappa shape index (κ2) is 5.95. The number of aryl methyl sites for hydroxylation is 1. The van der Waals surface area contributed by atoms with Gasteiger partial charge in [-0.15, -0.1) is 0 Å². The average molecular weight is 338 g/mol. The fourth-order valence-electron chi connectivity index (χ4n) is 3.04. The number of rotatable bonds is 4. The zero-order chi connectivity index (χ0) is 17.6. The highest BCUT2D eigenvalue weighted by Crippen LogP contribution is 2.32. The van der Waals surface area contributed by atoms with Gasteiger partial charge in [-0.05, 0) is 62.9 Å². The van der Waals surface area contributed by atoms with Crippen LogP contribution in [0.5, 0.6) is 0 Å². The third-order valence-corrected chi connectivity index (χ3v) is 4.72. The van der Waals surface area contributed by atoms with Crippen molar-refractivity contribution in [2.45, 2.75) is 32.7 Å². The van der Waals surface area contributed by atoms with Crippen LogP contribution in [0, 0.1) is 18.7 Å². The van der Waals surface area contributed by atoms with E-state index in [1.165, 1.54) is 25.0 Å². The summed E-state index contributed by atoms with van der Waals surface area (Å²) in [6, 6.07) is 8.19. The van der Waals surface area contributed by atoms with Crippen LogP contribution in [-0.2, 0) is 0 Å². The van der Waals surface area contributed by atoms with Gasteiger partial charge in [0.05, 0.1) is 11.9 Å². The first-order valence-corrected chi connectivity index (χ1v) is 8.45. The molecule has 2 aromatic heterocycles. The summed E-state index contributed by atoms with van der Waals surface area (Å²) in [5.74, 6) is 0.132. The molecule has 1 aromatic carbocycles. The average Bonchev–Trinajstić information content (AvgIpc) is 3.35. The van der Waals surface area contributed by atoms with Crippen LogP contribution in [0.1, 0.15) is 35.8 Å². The Morgan fingerprint density at radius 2 is 2.04 bits per heavy atom. The number of amides is 1. The molecule has 0 radical (unpaired) electrons. The third kappa shape index (κ3) is 2.99. The zero-order valence-corrected chi connectivity index (χ0v) is 14.2. The van der Waals surface area contributed by atoms with Gasteiger partial charge in [-0.25, -0.2) is 13.9 Å². The first kappa shape index (κ1) is 15.7. The van der Waals surface area contributed by atoms with E-state index in [0.717, 1.165) is 11.3 Å². The summed E-state index contributed by atoms with van der Waals surface area (Å²) in [5, 5.41) is 7.33. The molecule has 2 heterocycles. The van der Waals surface area contributed by atoms with Gasteiger partial charge in [0.2, 0.25) is 0 Å². The number of nitrogens with zero attached hydrogens (tertiary/aromatic N) is 3. The summed E-state index contributed by atoms with van der Waals surface area (Å²) in [5.41, 5.74) is 3.32. The Kier molecular flexibility index (Phi) is 3.75. The van der Waals surface area contributed by atoms with Crippen molar-refractivity contribution in [2.24, 2.45) is 5.92 Å². The molecule has 5 nitrogen and oxygen atoms in total. The fourth-order valence-corrected chi connectivity index (χ4v) is 3.04. The van der Waals surface area contributed by atoms with Crippen LogP contribution < -0.4 is 5.32 Å². The Labute approximate surface area is 144 Å². The SMILES string of the molecule is Cc1cc(-c2ccc(F)cc2)nc2c(C(=O)N[C@@H](C)C3CC3)cnn12. The van der Waals surface area contributed by atoms with E-state index in [1.807, 2.05) is 19.9 Å². The van der Waals surface area contributed by atoms with E-state index in [1.54, 1.807) is 22.8 Å². The molecular formula is C19H19FN4O. The normalized spacial score (nSPS) is 15.3. The Balaban J connectivity index is 1.73. The van der Waals surface area contributed by atoms with E-state index in [4.69, 9.17) is 0 Å². The molecule has 0 unspecified atom stereocenters. The van der Waals surface area contributed by atoms with Gasteiger partial charge in [-0.3, -0.25) is 4.79 Å². The minimum Gasteiger partial charge on any atom is -0.349 e. The van der Waals surface area contributed by atoms with Gasteiger partial charge < -0.3 is 5.32 Å². The summed E-state index contributed by atoms with van der Waals surface area (Å²) >= 11 is 0. The molecule has 1 N–H and O–H groups in total. The van der Waals surface area contributed by atoms with E-state index in [0.29, 0.717) is 22.8 Å². The minimum absolute atomic E-state index is 0.155. The molecule has 1 amide bonds. The smallest absolute Gasteiger partial charge is 0.256 e. The van der Waals surface area contributed by atoms with E-state index >= 15 is 0 Å². The third-order valence-electron chi connectivity index (χ3n) is 4.72. The van der Waals surface area contributed by atoms with Crippen LogP contribution >= 0.6 is 0 Å². The number of carbonyl (C=O) groups excluding carboxylic acids is 1. The van der Waals surface area contributed by atoms with Crippen molar-refractivity contribution in [3.63, 3.8) is 0 Å². The van der Waals surface area contributed by atoms with Gasteiger partial charge in [0, 0.05) is 17.3 Å². The number of carbonyl (C=O) groups is 1. The largest absolute Gasteiger partial charge is 0.349 e. The number of aromatic nitrogens is 3. The minimum atomic E-state index is -0.292. The summed E-state index contributed by atoms with van der Waals surface area (Å²) in [6.45, 7) is 3.94. The molecular weight excluding hydrogens is 319 g/mol. The quantitative estimate of drug-likeness (QED) is 0.793. The fraction of sp³-hybridized carbons (Fsp3) is 0.316. The molecule has 1 fully saturated rings. The van der Waals surface area contributed by atoms with Crippen LogP contribution in [0.25, 0.3) is 16.9 Å². The highest BCUT2D eigenvalue weighted by molar-refractivity contribution is 6.00. The maximum absolute atomic E-state index is 13.2. The highest BCUT2D eigenvalue weighted by atomic mass is 19.1. The van der Waals surface area contributed by atoms with Gasteiger partial charge in [0.25, 0.3) is 5.91 Å². The Morgan fingerprint density at radius 3 is 2.72 bits per heavy atom. The van der Waals surface area contributed by atoms with Crippen molar-refractivity contribution < 1.29 is 9.18 Å². The lowest BCUT2D eigenvalue weighted by molar-refractivity contribution is 0.0937. The molecule has 1 aliphatic rings. The number of hydrogen-bond acceptors (Lipinski definition) is 3. The van der Waals surface area contributed by atoms with Gasteiger partial charge in [0.1, 0.15) is 11.4 Å². The number of fused-ring (bicyclic) bond motifs is 1. The van der Waals surface area contributed by atoms with Crippen LogP contribution in [0.15, 0.2) is 36.5 Å². The monoisotopic (exact) mass is 338 g/mol. The summed E-state index contributed by atoms with van der Waals surface area (Å²) in [4.78, 5) is 17.2. The van der Waals surface area contributed by atoms with E-state index in [2.05, 4.69) is 15.4 Å². The Hall–Kier alpha value is -2.76. The molecule has 0 bridgehead atoms. The first-order valence-electron chi connectivity index (χ1n) is 8.45. The Morgan fingerprint density at radius 1 is 1.32 bits per heavy atom. The number of benzene rings is 1. The van der Waals surface area contributed by atoms with Crippen molar-refractivity contribution in [3.05, 3.63) is 53.6 Å². The molecule has 1 atom stereocenters. The van der Waals surface area contributed by atoms with Crippen LogP contribution in [0.4, 0.5) is 4.39 Å². The van der Waals surface area contributed by atoms with E-state index < -0.39 is 0 Å². The molecule has 25 heavy (non-hydrogen) atoms. The number of nitrogens with one attached hydrogen (secondary N) is 1. The Bertz CT molecular complexity index is 944. The first-order chi connectivity index (χ1) is 12.0. The molecule has 1 saturated carbocycles. The zero-order valence-electron chi connectivity index (χ0n) is 14.2. The second-order valence-electron chi connectivity index (χ2n) is 6.68. The molecule has 0 aliphatic heterocycles. The van der Waals surface area contributed by atoms with Crippen molar-refractivity contribution in [1.29, 1.82) is 0 Å². The van der Waals surface area contributed by atoms with Crippen molar-refractivity contribution >= 4 is 11.6 Å². The van der Waals surface area contributed by atoms with Crippen LogP contribution in [-0.4, -0.2) is 26.5 Å². The molecule has 1 aliphatic carbocycles. The van der Waals surface area contributed by atoms with E-state index in [9.17, 15) is 9.18 Å². The molecule has 4 rings (SSSR count). The highest BCUT2D eigenvalue weighted by Gasteiger charge is 2.29. The standard InChI is InChI=1S/C19H19FN4O/c1-11-9-17(14-5-7-15(20)8-6-14)23-18-16(10-21-24(11)18)19(25)22-12(2)13-3-4-13/h5-10,12-13H,3-4H2,1-2H3,(H,22,25)/t12-/m0/s1. The molecule has 0 saturated heterocycles. The van der Waals surface area contributed by atoms with Gasteiger partial charge in [-0.2, -0.15) is 5.10 Å². The molecule has 0 spiro atoms. The molecule has 128 valence electrons. The lowest BCUT2D eigenvalue weighted by atomic mass is 10.1. The maximum Gasteiger partial charge on any atom is 0.256 e. The maximum atomic E-state index is 13.2. The second-order valence-corrected chi connectivity index (χ2v) is 6.68. The lowest BCUT2D eigenvalue weighted by Crippen LogP contribution is -2.34. The van der Waals surface area contributed by atoms with Crippen LogP contribution in [0.3, 0.4) is 0 Å². The summed E-state index contributed by atoms with van der Waals surface area (Å²) in [7, 11) is 0. The number of hydrogen-bond donors (Lipinski definition) is 1. The van der Waals surface area contributed by atoms with Crippen LogP contribution in [0.2, 0.25) is 0 Å². The van der Waals surface area contributed by atoms with E-state index in [-0.39, 0.29) is 17.8 Å². The predicted octanol–water partition coefficient (Wildman–Crippen LogP) is 3.37. The van der Waals surface area contributed by atoms with Crippen molar-refractivity contribution in [1.82, 2.24) is 19.9 Å². The van der Waals surface area contributed by atoms with Crippen molar-refractivity contribution in [2.75, 3.05) is 0 Å². The molecule has 3 aromatic rings. The predicted molar refractivity (Wildman–Crippen MR) is 92.8 cm³/mol.